The van der Waals surface area contributed by atoms with Crippen LogP contribution >= 0.6 is 0 Å². The van der Waals surface area contributed by atoms with Gasteiger partial charge in [-0.2, -0.15) is 0 Å². The van der Waals surface area contributed by atoms with Crippen molar-refractivity contribution >= 4 is 51.7 Å². The van der Waals surface area contributed by atoms with Gasteiger partial charge in [-0.25, -0.2) is 4.90 Å². The first kappa shape index (κ1) is 36.2. The van der Waals surface area contributed by atoms with E-state index in [-0.39, 0.29) is 47.1 Å². The Bertz CT molecular complexity index is 2420. The number of carbonyl (C=O) groups excluding carboxylic acids is 4. The molecule has 4 aromatic rings. The van der Waals surface area contributed by atoms with Crippen LogP contribution in [0.5, 0.6) is 5.75 Å². The smallest absolute Gasteiger partial charge is 0.301 e. The number of nitrogens with zero attached hydrogens (tertiary/aromatic N) is 4. The number of hydrogen-bond acceptors (Lipinski definition) is 10. The zero-order valence-electron chi connectivity index (χ0n) is 30.6. The van der Waals surface area contributed by atoms with Gasteiger partial charge >= 0.3 is 11.4 Å². The number of ketones is 2. The van der Waals surface area contributed by atoms with Gasteiger partial charge in [-0.1, -0.05) is 84.4 Å². The molecule has 13 heteroatoms. The monoisotopic (exact) mass is 752 g/mol. The number of aryl methyl sites for hydroxylation is 1. The van der Waals surface area contributed by atoms with Crippen LogP contribution in [-0.4, -0.2) is 52.4 Å². The van der Waals surface area contributed by atoms with Crippen molar-refractivity contribution < 1.29 is 34.1 Å². The van der Waals surface area contributed by atoms with Gasteiger partial charge < -0.3 is 10.0 Å². The largest absolute Gasteiger partial charge is 0.508 e. The topological polar surface area (TPSA) is 181 Å². The number of anilines is 2. The quantitative estimate of drug-likeness (QED) is 0.0934. The molecule has 6 unspecified atom stereocenters. The molecule has 0 aromatic heterocycles. The molecule has 0 radical (unpaired) electrons. The number of allylic oxidation sites excluding steroid dienone is 4. The Kier molecular flexibility index (Phi) is 8.55. The molecule has 2 fully saturated rings. The van der Waals surface area contributed by atoms with Gasteiger partial charge in [-0.3, -0.25) is 39.4 Å². The number of nitro groups is 2. The Morgan fingerprint density at radius 3 is 2.04 bits per heavy atom. The zero-order valence-corrected chi connectivity index (χ0v) is 30.6. The summed E-state index contributed by atoms with van der Waals surface area (Å²) < 4.78 is 0. The average molecular weight is 753 g/mol. The Hall–Kier alpha value is -6.76. The number of phenolic OH excluding ortho intramolecular Hbond substituents is 1. The second-order valence-corrected chi connectivity index (χ2v) is 15.1. The molecule has 0 spiro atoms. The lowest BCUT2D eigenvalue weighted by Crippen LogP contribution is -2.58. The predicted molar refractivity (Wildman–Crippen MR) is 206 cm³/mol. The van der Waals surface area contributed by atoms with E-state index in [9.17, 15) is 34.9 Å². The first-order valence-corrected chi connectivity index (χ1v) is 18.2. The van der Waals surface area contributed by atoms with E-state index >= 15 is 9.59 Å². The van der Waals surface area contributed by atoms with Gasteiger partial charge in [0.25, 0.3) is 0 Å². The maximum Gasteiger partial charge on any atom is 0.301 e. The van der Waals surface area contributed by atoms with Crippen molar-refractivity contribution in [3.8, 4) is 5.75 Å². The lowest BCUT2D eigenvalue weighted by atomic mass is 9.44. The van der Waals surface area contributed by atoms with Crippen molar-refractivity contribution in [2.24, 2.45) is 23.7 Å². The van der Waals surface area contributed by atoms with Crippen molar-refractivity contribution in [1.29, 1.82) is 0 Å². The summed E-state index contributed by atoms with van der Waals surface area (Å²) in [4.78, 5) is 84.3. The highest BCUT2D eigenvalue weighted by Gasteiger charge is 2.66. The molecule has 1 N–H and O–H groups in total. The van der Waals surface area contributed by atoms with Crippen molar-refractivity contribution in [1.82, 2.24) is 0 Å². The fourth-order valence-corrected chi connectivity index (χ4v) is 9.82. The minimum absolute atomic E-state index is 0.0247. The van der Waals surface area contributed by atoms with Crippen LogP contribution < -0.4 is 9.80 Å². The van der Waals surface area contributed by atoms with E-state index in [2.05, 4.69) is 0 Å². The number of Topliss-reactive ketones (excluding diaryl/α,β-unsaturated/α-hetero) is 1. The summed E-state index contributed by atoms with van der Waals surface area (Å²) in [6.45, 7) is 1.73. The minimum atomic E-state index is -1.47. The van der Waals surface area contributed by atoms with Crippen molar-refractivity contribution in [2.45, 2.75) is 31.1 Å². The van der Waals surface area contributed by atoms with Crippen LogP contribution in [-0.2, 0) is 24.6 Å². The average Bonchev–Trinajstić information content (AvgIpc) is 3.45. The molecular weight excluding hydrogens is 716 g/mol. The Balaban J connectivity index is 1.33. The number of benzene rings is 4. The predicted octanol–water partition coefficient (Wildman–Crippen LogP) is 6.61. The van der Waals surface area contributed by atoms with Gasteiger partial charge in [0.2, 0.25) is 11.8 Å². The molecule has 3 aliphatic carbocycles. The number of imide groups is 1. The summed E-state index contributed by atoms with van der Waals surface area (Å²) >= 11 is 0. The van der Waals surface area contributed by atoms with Crippen molar-refractivity contribution in [2.75, 3.05) is 23.9 Å². The van der Waals surface area contributed by atoms with Crippen LogP contribution in [0, 0.1) is 50.8 Å². The lowest BCUT2D eigenvalue weighted by Gasteiger charge is -2.55. The summed E-state index contributed by atoms with van der Waals surface area (Å²) in [6, 6.07) is 25.0. The van der Waals surface area contributed by atoms with Crippen molar-refractivity contribution in [3.63, 3.8) is 0 Å². The number of nitro benzene ring substituents is 2. The second-order valence-electron chi connectivity index (χ2n) is 15.1. The van der Waals surface area contributed by atoms with Gasteiger partial charge in [-0.15, -0.1) is 0 Å². The first-order valence-electron chi connectivity index (χ1n) is 18.2. The number of phenols is 1. The summed E-state index contributed by atoms with van der Waals surface area (Å²) in [5.41, 5.74) is -0.0558. The normalized spacial score (nSPS) is 25.5. The van der Waals surface area contributed by atoms with Gasteiger partial charge in [0, 0.05) is 43.6 Å². The molecule has 8 rings (SSSR count). The third-order valence-electron chi connectivity index (χ3n) is 12.1. The van der Waals surface area contributed by atoms with Gasteiger partial charge in [0.15, 0.2) is 17.3 Å². The fourth-order valence-electron chi connectivity index (χ4n) is 9.82. The van der Waals surface area contributed by atoms with E-state index in [0.29, 0.717) is 27.8 Å². The molecule has 1 aliphatic heterocycles. The Morgan fingerprint density at radius 2 is 1.45 bits per heavy atom. The number of fused-ring (bicyclic) bond motifs is 4. The van der Waals surface area contributed by atoms with Crippen LogP contribution in [0.1, 0.15) is 41.0 Å². The maximum atomic E-state index is 15.2. The highest BCUT2D eigenvalue weighted by atomic mass is 16.6. The molecule has 1 saturated carbocycles. The Labute approximate surface area is 320 Å². The summed E-state index contributed by atoms with van der Waals surface area (Å²) in [7, 11) is 2.84. The number of carbonyl (C=O) groups is 4. The highest BCUT2D eigenvalue weighted by molar-refractivity contribution is 6.32. The molecule has 56 heavy (non-hydrogen) atoms. The SMILES string of the molecule is Cc1cc(C2C3=CCC4C(=O)N(c5cc([N+](=O)[O-])c(N(C)C)c([N+](=O)[O-])c5)C(=O)C4C3CC3C(=O)C(c4ccccc4)=CC(=O)C32c2ccccc2)ccc1O. The maximum absolute atomic E-state index is 15.2. The number of rotatable bonds is 7. The van der Waals surface area contributed by atoms with E-state index in [1.54, 1.807) is 43.3 Å². The molecular formula is C43H36N4O9. The zero-order chi connectivity index (χ0) is 39.8. The number of amides is 2. The second kappa shape index (κ2) is 13.2. The van der Waals surface area contributed by atoms with E-state index < -0.39 is 68.0 Å². The fraction of sp³-hybridized carbons (Fsp3) is 0.256. The van der Waals surface area contributed by atoms with Gasteiger partial charge in [0.1, 0.15) is 5.75 Å². The van der Waals surface area contributed by atoms with Crippen molar-refractivity contribution in [3.05, 3.63) is 151 Å². The minimum Gasteiger partial charge on any atom is -0.508 e. The van der Waals surface area contributed by atoms with Crippen LogP contribution in [0.3, 0.4) is 0 Å². The van der Waals surface area contributed by atoms with Crippen LogP contribution in [0.2, 0.25) is 0 Å². The third kappa shape index (κ3) is 5.21. The lowest BCUT2D eigenvalue weighted by molar-refractivity contribution is -0.392. The van der Waals surface area contributed by atoms with Gasteiger partial charge in [-0.05, 0) is 60.1 Å². The van der Waals surface area contributed by atoms with Gasteiger partial charge in [0.05, 0.1) is 32.8 Å². The molecule has 4 aromatic carbocycles. The van der Waals surface area contributed by atoms with Crippen LogP contribution in [0.25, 0.3) is 5.57 Å². The summed E-state index contributed by atoms with van der Waals surface area (Å²) in [6.07, 6.45) is 3.41. The molecule has 4 aliphatic rings. The molecule has 2 amide bonds. The van der Waals surface area contributed by atoms with Crippen LogP contribution in [0.4, 0.5) is 22.7 Å². The molecule has 282 valence electrons. The molecule has 1 heterocycles. The van der Waals surface area contributed by atoms with Crippen LogP contribution in [0.15, 0.2) is 109 Å². The standard InChI is InChI=1S/C43H36N4O9/c1-23-18-25(14-17-35(23)48)38-28-15-16-29-37(42(52)45(41(29)51)27-19-33(46(53)54)39(44(2)3)34(20-27)47(55)56)31(28)21-32-40(50)30(24-10-6-4-7-11-24)22-36(49)43(32,38)26-12-8-5-9-13-26/h4-15,17-20,22,29,31-32,37-38,48H,16,21H2,1-3H3. The number of aromatic hydroxyl groups is 1. The molecule has 6 atom stereocenters. The number of hydrogen-bond donors (Lipinski definition) is 1. The molecule has 13 nitrogen and oxygen atoms in total. The Morgan fingerprint density at radius 1 is 0.821 bits per heavy atom. The highest BCUT2D eigenvalue weighted by Crippen LogP contribution is 2.64. The third-order valence-corrected chi connectivity index (χ3v) is 12.1. The van der Waals surface area contributed by atoms with E-state index in [4.69, 9.17) is 0 Å². The summed E-state index contributed by atoms with van der Waals surface area (Å²) in [5, 5.41) is 35.1. The van der Waals surface area contributed by atoms with E-state index in [1.165, 1.54) is 31.1 Å². The van der Waals surface area contributed by atoms with E-state index in [0.717, 1.165) is 17.0 Å². The first-order chi connectivity index (χ1) is 26.8. The molecule has 0 bridgehead atoms. The summed E-state index contributed by atoms with van der Waals surface area (Å²) in [5.74, 6) is -6.44. The molecule has 1 saturated heterocycles. The van der Waals surface area contributed by atoms with E-state index in [1.807, 2.05) is 42.5 Å².